The molecule has 0 N–H and O–H groups in total. The van der Waals surface area contributed by atoms with E-state index in [1.165, 1.54) is 0 Å². The second-order valence-electron chi connectivity index (χ2n) is 3.83. The van der Waals surface area contributed by atoms with E-state index in [0.29, 0.717) is 27.1 Å². The lowest BCUT2D eigenvalue weighted by Gasteiger charge is -2.00. The third-order valence-corrected chi connectivity index (χ3v) is 2.93. The number of halogens is 2. The molecule has 2 aromatic rings. The molecule has 1 aromatic heterocycles. The molecule has 0 amide bonds. The molecule has 0 aliphatic rings. The van der Waals surface area contributed by atoms with Crippen molar-refractivity contribution in [2.45, 2.75) is 6.92 Å². The number of carbonyl (C=O) groups is 1. The average molecular weight is 281 g/mol. The van der Waals surface area contributed by atoms with Crippen LogP contribution in [0.5, 0.6) is 0 Å². The molecule has 0 saturated heterocycles. The molecule has 2 rings (SSSR count). The molecule has 0 atom stereocenters. The predicted molar refractivity (Wildman–Crippen MR) is 73.9 cm³/mol. The molecule has 1 heterocycles. The Morgan fingerprint density at radius 3 is 2.67 bits per heavy atom. The van der Waals surface area contributed by atoms with Gasteiger partial charge in [-0.05, 0) is 48.9 Å². The largest absolute Gasteiger partial charge is 0.457 e. The van der Waals surface area contributed by atoms with E-state index < -0.39 is 0 Å². The van der Waals surface area contributed by atoms with E-state index in [1.807, 2.05) is 0 Å². The second-order valence-corrected chi connectivity index (χ2v) is 4.68. The van der Waals surface area contributed by atoms with E-state index in [2.05, 4.69) is 0 Å². The van der Waals surface area contributed by atoms with Gasteiger partial charge in [0, 0.05) is 10.6 Å². The summed E-state index contributed by atoms with van der Waals surface area (Å²) in [4.78, 5) is 10.5. The molecule has 92 valence electrons. The minimum absolute atomic E-state index is 0.527. The standard InChI is InChI=1S/C14H10Cl2O2/c1-9(8-17)6-11-3-5-14(18-11)12-4-2-10(15)7-13(12)16/h2-8H,1H3. The highest BCUT2D eigenvalue weighted by molar-refractivity contribution is 6.36. The fourth-order valence-corrected chi connectivity index (χ4v) is 2.02. The molecule has 0 spiro atoms. The topological polar surface area (TPSA) is 30.2 Å². The van der Waals surface area contributed by atoms with E-state index in [0.717, 1.165) is 11.8 Å². The molecule has 0 aliphatic carbocycles. The van der Waals surface area contributed by atoms with Crippen LogP contribution >= 0.6 is 23.2 Å². The Morgan fingerprint density at radius 1 is 1.22 bits per heavy atom. The first-order valence-corrected chi connectivity index (χ1v) is 6.04. The van der Waals surface area contributed by atoms with Gasteiger partial charge in [0.1, 0.15) is 17.8 Å². The zero-order valence-electron chi connectivity index (χ0n) is 9.61. The molecular formula is C14H10Cl2O2. The number of aldehydes is 1. The van der Waals surface area contributed by atoms with Crippen LogP contribution in [0, 0.1) is 0 Å². The Morgan fingerprint density at radius 2 is 2.00 bits per heavy atom. The summed E-state index contributed by atoms with van der Waals surface area (Å²) >= 11 is 11.9. The van der Waals surface area contributed by atoms with Crippen molar-refractivity contribution < 1.29 is 9.21 Å². The summed E-state index contributed by atoms with van der Waals surface area (Å²) in [6.45, 7) is 1.71. The fourth-order valence-electron chi connectivity index (χ4n) is 1.52. The third-order valence-electron chi connectivity index (χ3n) is 2.38. The van der Waals surface area contributed by atoms with Crippen molar-refractivity contribution in [1.82, 2.24) is 0 Å². The number of hydrogen-bond acceptors (Lipinski definition) is 2. The van der Waals surface area contributed by atoms with Crippen molar-refractivity contribution in [3.63, 3.8) is 0 Å². The highest BCUT2D eigenvalue weighted by Crippen LogP contribution is 2.31. The molecular weight excluding hydrogens is 271 g/mol. The van der Waals surface area contributed by atoms with Crippen molar-refractivity contribution in [2.75, 3.05) is 0 Å². The van der Waals surface area contributed by atoms with E-state index in [1.54, 1.807) is 43.3 Å². The number of furan rings is 1. The summed E-state index contributed by atoms with van der Waals surface area (Å²) in [7, 11) is 0. The van der Waals surface area contributed by atoms with Gasteiger partial charge < -0.3 is 4.42 Å². The molecule has 0 radical (unpaired) electrons. The van der Waals surface area contributed by atoms with E-state index in [-0.39, 0.29) is 0 Å². The average Bonchev–Trinajstić information content (AvgIpc) is 2.77. The number of benzene rings is 1. The summed E-state index contributed by atoms with van der Waals surface area (Å²) < 4.78 is 5.60. The van der Waals surface area contributed by atoms with Crippen molar-refractivity contribution in [3.05, 3.63) is 51.7 Å². The molecule has 0 saturated carbocycles. The third kappa shape index (κ3) is 2.84. The van der Waals surface area contributed by atoms with Crippen LogP contribution in [0.4, 0.5) is 0 Å². The fraction of sp³-hybridized carbons (Fsp3) is 0.0714. The summed E-state index contributed by atoms with van der Waals surface area (Å²) in [5, 5.41) is 1.10. The maximum absolute atomic E-state index is 10.5. The first kappa shape index (κ1) is 12.9. The highest BCUT2D eigenvalue weighted by atomic mass is 35.5. The van der Waals surface area contributed by atoms with Gasteiger partial charge in [0.25, 0.3) is 0 Å². The summed E-state index contributed by atoms with van der Waals surface area (Å²) in [5.41, 5.74) is 1.36. The van der Waals surface area contributed by atoms with Gasteiger partial charge >= 0.3 is 0 Å². The van der Waals surface area contributed by atoms with Gasteiger partial charge in [-0.2, -0.15) is 0 Å². The van der Waals surface area contributed by atoms with Crippen molar-refractivity contribution in [2.24, 2.45) is 0 Å². The molecule has 1 aromatic carbocycles. The van der Waals surface area contributed by atoms with Gasteiger partial charge in [0.15, 0.2) is 0 Å². The van der Waals surface area contributed by atoms with Crippen LogP contribution in [0.1, 0.15) is 12.7 Å². The monoisotopic (exact) mass is 280 g/mol. The first-order valence-electron chi connectivity index (χ1n) is 5.29. The Bertz CT molecular complexity index is 612. The number of hydrogen-bond donors (Lipinski definition) is 0. The van der Waals surface area contributed by atoms with Crippen LogP contribution in [0.3, 0.4) is 0 Å². The van der Waals surface area contributed by atoms with Crippen molar-refractivity contribution in [1.29, 1.82) is 0 Å². The zero-order valence-corrected chi connectivity index (χ0v) is 11.1. The number of rotatable bonds is 3. The molecule has 4 heteroatoms. The van der Waals surface area contributed by atoms with Gasteiger partial charge in [0.2, 0.25) is 0 Å². The number of allylic oxidation sites excluding steroid dienone is 1. The Labute approximate surface area is 115 Å². The summed E-state index contributed by atoms with van der Waals surface area (Å²) in [6, 6.07) is 8.79. The predicted octanol–water partition coefficient (Wildman–Crippen LogP) is 4.86. The van der Waals surface area contributed by atoms with Gasteiger partial charge in [-0.3, -0.25) is 4.79 Å². The van der Waals surface area contributed by atoms with Crippen molar-refractivity contribution in [3.8, 4) is 11.3 Å². The lowest BCUT2D eigenvalue weighted by Crippen LogP contribution is -1.77. The van der Waals surface area contributed by atoms with Gasteiger partial charge in [-0.15, -0.1) is 0 Å². The Hall–Kier alpha value is -1.51. The summed E-state index contributed by atoms with van der Waals surface area (Å²) in [5.74, 6) is 1.25. The van der Waals surface area contributed by atoms with Crippen LogP contribution in [-0.4, -0.2) is 6.29 Å². The maximum atomic E-state index is 10.5. The SMILES string of the molecule is CC(C=O)=Cc1ccc(-c2ccc(Cl)cc2Cl)o1. The van der Waals surface area contributed by atoms with E-state index in [4.69, 9.17) is 27.6 Å². The zero-order chi connectivity index (χ0) is 13.1. The van der Waals surface area contributed by atoms with Crippen LogP contribution in [0.15, 0.2) is 40.3 Å². The van der Waals surface area contributed by atoms with Gasteiger partial charge in [-0.25, -0.2) is 0 Å². The normalized spacial score (nSPS) is 11.6. The van der Waals surface area contributed by atoms with Crippen LogP contribution < -0.4 is 0 Å². The lowest BCUT2D eigenvalue weighted by molar-refractivity contribution is -0.104. The van der Waals surface area contributed by atoms with Crippen LogP contribution in [-0.2, 0) is 4.79 Å². The minimum Gasteiger partial charge on any atom is -0.457 e. The Kier molecular flexibility index (Phi) is 3.90. The summed E-state index contributed by atoms with van der Waals surface area (Å²) in [6.07, 6.45) is 2.44. The van der Waals surface area contributed by atoms with Crippen LogP contribution in [0.25, 0.3) is 17.4 Å². The van der Waals surface area contributed by atoms with Gasteiger partial charge in [0.05, 0.1) is 5.02 Å². The molecule has 18 heavy (non-hydrogen) atoms. The molecule has 0 aliphatic heterocycles. The Balaban J connectivity index is 2.38. The van der Waals surface area contributed by atoms with Crippen LogP contribution in [0.2, 0.25) is 10.0 Å². The molecule has 0 fully saturated rings. The molecule has 2 nitrogen and oxygen atoms in total. The molecule has 0 unspecified atom stereocenters. The second kappa shape index (κ2) is 5.42. The smallest absolute Gasteiger partial charge is 0.145 e. The highest BCUT2D eigenvalue weighted by Gasteiger charge is 2.08. The lowest BCUT2D eigenvalue weighted by atomic mass is 10.2. The van der Waals surface area contributed by atoms with E-state index in [9.17, 15) is 4.79 Å². The minimum atomic E-state index is 0.527. The van der Waals surface area contributed by atoms with Gasteiger partial charge in [-0.1, -0.05) is 23.2 Å². The maximum Gasteiger partial charge on any atom is 0.145 e. The van der Waals surface area contributed by atoms with E-state index >= 15 is 0 Å². The van der Waals surface area contributed by atoms with Crippen molar-refractivity contribution >= 4 is 35.6 Å². The quantitative estimate of drug-likeness (QED) is 0.594. The molecule has 0 bridgehead atoms. The first-order chi connectivity index (χ1) is 8.60. The number of carbonyl (C=O) groups excluding carboxylic acids is 1.